The van der Waals surface area contributed by atoms with Gasteiger partial charge in [0.2, 0.25) is 0 Å². The maximum Gasteiger partial charge on any atom is 0.319 e. The number of carbonyl (C=O) groups excluding carboxylic acids is 1. The highest BCUT2D eigenvalue weighted by Gasteiger charge is 2.15. The molecule has 2 N–H and O–H groups in total. The second-order valence-electron chi connectivity index (χ2n) is 6.07. The SMILES string of the molecule is CC(C)(C)c1ccc(NC(=O)NC2CC=CC2)cc1. The number of benzene rings is 1. The fourth-order valence-corrected chi connectivity index (χ4v) is 2.14. The minimum atomic E-state index is -0.128. The van der Waals surface area contributed by atoms with E-state index in [0.717, 1.165) is 18.5 Å². The fraction of sp³-hybridized carbons (Fsp3) is 0.438. The molecule has 0 heterocycles. The van der Waals surface area contributed by atoms with Gasteiger partial charge in [-0.05, 0) is 36.0 Å². The Bertz CT molecular complexity index is 461. The normalized spacial score (nSPS) is 15.5. The number of anilines is 1. The van der Waals surface area contributed by atoms with Crippen LogP contribution in [-0.2, 0) is 5.41 Å². The lowest BCUT2D eigenvalue weighted by atomic mass is 9.87. The summed E-state index contributed by atoms with van der Waals surface area (Å²) in [5, 5.41) is 5.83. The average Bonchev–Trinajstić information content (AvgIpc) is 2.81. The van der Waals surface area contributed by atoms with Crippen molar-refractivity contribution in [1.29, 1.82) is 0 Å². The molecule has 0 bridgehead atoms. The second kappa shape index (κ2) is 5.47. The maximum absolute atomic E-state index is 11.8. The van der Waals surface area contributed by atoms with Gasteiger partial charge in [0.05, 0.1) is 0 Å². The molecule has 19 heavy (non-hydrogen) atoms. The molecule has 0 aromatic heterocycles. The standard InChI is InChI=1S/C16H22N2O/c1-16(2,3)12-8-10-14(11-9-12)18-15(19)17-13-6-4-5-7-13/h4-5,8-11,13H,6-7H2,1-3H3,(H2,17,18,19). The highest BCUT2D eigenvalue weighted by Crippen LogP contribution is 2.23. The first-order valence-corrected chi connectivity index (χ1v) is 6.78. The van der Waals surface area contributed by atoms with Crippen LogP contribution in [0.3, 0.4) is 0 Å². The number of hydrogen-bond acceptors (Lipinski definition) is 1. The van der Waals surface area contributed by atoms with Gasteiger partial charge >= 0.3 is 6.03 Å². The van der Waals surface area contributed by atoms with Crippen LogP contribution in [0.4, 0.5) is 10.5 Å². The Labute approximate surface area is 115 Å². The van der Waals surface area contributed by atoms with Crippen molar-refractivity contribution in [2.24, 2.45) is 0 Å². The summed E-state index contributed by atoms with van der Waals surface area (Å²) in [6.45, 7) is 6.53. The molecule has 1 aliphatic carbocycles. The zero-order valence-electron chi connectivity index (χ0n) is 11.9. The number of carbonyl (C=O) groups is 1. The van der Waals surface area contributed by atoms with Crippen LogP contribution in [0.2, 0.25) is 0 Å². The van der Waals surface area contributed by atoms with E-state index in [2.05, 4.69) is 55.7 Å². The van der Waals surface area contributed by atoms with Gasteiger partial charge in [-0.3, -0.25) is 0 Å². The van der Waals surface area contributed by atoms with Crippen molar-refractivity contribution in [3.63, 3.8) is 0 Å². The lowest BCUT2D eigenvalue weighted by Crippen LogP contribution is -2.36. The van der Waals surface area contributed by atoms with E-state index < -0.39 is 0 Å². The van der Waals surface area contributed by atoms with Crippen molar-refractivity contribution >= 4 is 11.7 Å². The first-order valence-electron chi connectivity index (χ1n) is 6.78. The summed E-state index contributed by atoms with van der Waals surface area (Å²) >= 11 is 0. The summed E-state index contributed by atoms with van der Waals surface area (Å²) in [4.78, 5) is 11.8. The van der Waals surface area contributed by atoms with E-state index in [1.165, 1.54) is 5.56 Å². The van der Waals surface area contributed by atoms with Crippen LogP contribution in [0, 0.1) is 0 Å². The van der Waals surface area contributed by atoms with E-state index in [0.29, 0.717) is 0 Å². The number of rotatable bonds is 2. The Hall–Kier alpha value is -1.77. The Balaban J connectivity index is 1.90. The molecule has 0 aliphatic heterocycles. The van der Waals surface area contributed by atoms with Crippen LogP contribution in [0.1, 0.15) is 39.2 Å². The van der Waals surface area contributed by atoms with Crippen molar-refractivity contribution in [2.75, 3.05) is 5.32 Å². The van der Waals surface area contributed by atoms with Crippen molar-refractivity contribution in [3.05, 3.63) is 42.0 Å². The summed E-state index contributed by atoms with van der Waals surface area (Å²) < 4.78 is 0. The predicted molar refractivity (Wildman–Crippen MR) is 79.5 cm³/mol. The lowest BCUT2D eigenvalue weighted by molar-refractivity contribution is 0.249. The van der Waals surface area contributed by atoms with Crippen LogP contribution >= 0.6 is 0 Å². The quantitative estimate of drug-likeness (QED) is 0.778. The van der Waals surface area contributed by atoms with E-state index in [1.807, 2.05) is 12.1 Å². The Morgan fingerprint density at radius 2 is 1.68 bits per heavy atom. The molecule has 1 aromatic carbocycles. The van der Waals surface area contributed by atoms with Crippen molar-refractivity contribution in [3.8, 4) is 0 Å². The highest BCUT2D eigenvalue weighted by molar-refractivity contribution is 5.89. The minimum Gasteiger partial charge on any atom is -0.335 e. The number of nitrogens with one attached hydrogen (secondary N) is 2. The van der Waals surface area contributed by atoms with Gasteiger partial charge < -0.3 is 10.6 Å². The zero-order valence-corrected chi connectivity index (χ0v) is 11.9. The molecule has 0 spiro atoms. The van der Waals surface area contributed by atoms with E-state index in [4.69, 9.17) is 0 Å². The van der Waals surface area contributed by atoms with Gasteiger partial charge in [0.15, 0.2) is 0 Å². The van der Waals surface area contributed by atoms with Gasteiger partial charge in [-0.25, -0.2) is 4.79 Å². The van der Waals surface area contributed by atoms with Crippen molar-refractivity contribution in [1.82, 2.24) is 5.32 Å². The summed E-state index contributed by atoms with van der Waals surface area (Å²) in [6.07, 6.45) is 6.05. The van der Waals surface area contributed by atoms with Crippen molar-refractivity contribution < 1.29 is 4.79 Å². The molecule has 0 saturated heterocycles. The molecule has 1 aromatic rings. The molecule has 0 radical (unpaired) electrons. The molecular formula is C16H22N2O. The van der Waals surface area contributed by atoms with Gasteiger partial charge in [0.1, 0.15) is 0 Å². The van der Waals surface area contributed by atoms with E-state index >= 15 is 0 Å². The molecule has 3 nitrogen and oxygen atoms in total. The highest BCUT2D eigenvalue weighted by atomic mass is 16.2. The smallest absolute Gasteiger partial charge is 0.319 e. The van der Waals surface area contributed by atoms with Gasteiger partial charge in [-0.1, -0.05) is 45.1 Å². The lowest BCUT2D eigenvalue weighted by Gasteiger charge is -2.19. The van der Waals surface area contributed by atoms with Crippen LogP contribution in [0.15, 0.2) is 36.4 Å². The molecule has 0 fully saturated rings. The van der Waals surface area contributed by atoms with E-state index in [1.54, 1.807) is 0 Å². The number of hydrogen-bond donors (Lipinski definition) is 2. The van der Waals surface area contributed by atoms with Crippen LogP contribution < -0.4 is 10.6 Å². The minimum absolute atomic E-state index is 0.128. The van der Waals surface area contributed by atoms with E-state index in [-0.39, 0.29) is 17.5 Å². The predicted octanol–water partition coefficient (Wildman–Crippen LogP) is 3.82. The summed E-state index contributed by atoms with van der Waals surface area (Å²) in [7, 11) is 0. The van der Waals surface area contributed by atoms with Gasteiger partial charge in [-0.15, -0.1) is 0 Å². The molecule has 2 rings (SSSR count). The van der Waals surface area contributed by atoms with Crippen LogP contribution in [0.5, 0.6) is 0 Å². The summed E-state index contributed by atoms with van der Waals surface area (Å²) in [5.41, 5.74) is 2.23. The largest absolute Gasteiger partial charge is 0.335 e. The number of amides is 2. The molecule has 0 atom stereocenters. The topological polar surface area (TPSA) is 41.1 Å². The fourth-order valence-electron chi connectivity index (χ4n) is 2.14. The molecule has 2 amide bonds. The third kappa shape index (κ3) is 3.85. The molecule has 3 heteroatoms. The monoisotopic (exact) mass is 258 g/mol. The average molecular weight is 258 g/mol. The molecule has 1 aliphatic rings. The number of urea groups is 1. The molecule has 102 valence electrons. The summed E-state index contributed by atoms with van der Waals surface area (Å²) in [6, 6.07) is 8.14. The first-order chi connectivity index (χ1) is 8.95. The summed E-state index contributed by atoms with van der Waals surface area (Å²) in [5.74, 6) is 0. The molecule has 0 saturated carbocycles. The first kappa shape index (κ1) is 13.7. The molecule has 0 unspecified atom stereocenters. The maximum atomic E-state index is 11.8. The van der Waals surface area contributed by atoms with Crippen LogP contribution in [-0.4, -0.2) is 12.1 Å². The Morgan fingerprint density at radius 1 is 1.11 bits per heavy atom. The molecular weight excluding hydrogens is 236 g/mol. The van der Waals surface area contributed by atoms with Gasteiger partial charge in [0, 0.05) is 11.7 Å². The van der Waals surface area contributed by atoms with Crippen LogP contribution in [0.25, 0.3) is 0 Å². The van der Waals surface area contributed by atoms with Gasteiger partial charge in [-0.2, -0.15) is 0 Å². The third-order valence-corrected chi connectivity index (χ3v) is 3.35. The third-order valence-electron chi connectivity index (χ3n) is 3.35. The zero-order chi connectivity index (χ0) is 13.9. The Kier molecular flexibility index (Phi) is 3.93. The second-order valence-corrected chi connectivity index (χ2v) is 6.07. The van der Waals surface area contributed by atoms with Crippen molar-refractivity contribution in [2.45, 2.75) is 45.1 Å². The van der Waals surface area contributed by atoms with Gasteiger partial charge in [0.25, 0.3) is 0 Å². The Morgan fingerprint density at radius 3 is 2.21 bits per heavy atom. The van der Waals surface area contributed by atoms with E-state index in [9.17, 15) is 4.79 Å².